The van der Waals surface area contributed by atoms with E-state index in [2.05, 4.69) is 31.4 Å². The van der Waals surface area contributed by atoms with Crippen LogP contribution in [0.15, 0.2) is 0 Å². The number of amides is 2. The molecule has 2 aliphatic carbocycles. The zero-order chi connectivity index (χ0) is 15.6. The van der Waals surface area contributed by atoms with Gasteiger partial charge in [0.1, 0.15) is 0 Å². The summed E-state index contributed by atoms with van der Waals surface area (Å²) < 4.78 is 0. The zero-order valence-electron chi connectivity index (χ0n) is 13.3. The molecule has 3 N–H and O–H groups in total. The monoisotopic (exact) mass is 296 g/mol. The number of rotatable bonds is 6. The van der Waals surface area contributed by atoms with Gasteiger partial charge >= 0.3 is 12.0 Å². The lowest BCUT2D eigenvalue weighted by atomic mass is 9.84. The van der Waals surface area contributed by atoms with Crippen LogP contribution in [-0.2, 0) is 4.79 Å². The molecule has 120 valence electrons. The molecule has 2 fully saturated rings. The fraction of sp³-hybridized carbons (Fsp3) is 0.875. The average Bonchev–Trinajstić information content (AvgIpc) is 3.05. The first-order valence-electron chi connectivity index (χ1n) is 8.27. The van der Waals surface area contributed by atoms with Gasteiger partial charge in [0.15, 0.2) is 0 Å². The van der Waals surface area contributed by atoms with Crippen molar-refractivity contribution in [1.29, 1.82) is 0 Å². The van der Waals surface area contributed by atoms with Crippen molar-refractivity contribution in [3.8, 4) is 0 Å². The quantitative estimate of drug-likeness (QED) is 0.705. The molecule has 0 aromatic rings. The number of carboxylic acid groups (broad SMARTS) is 1. The van der Waals surface area contributed by atoms with Crippen LogP contribution in [0.1, 0.15) is 59.3 Å². The highest BCUT2D eigenvalue weighted by Crippen LogP contribution is 2.48. The van der Waals surface area contributed by atoms with Crippen molar-refractivity contribution in [2.24, 2.45) is 17.8 Å². The van der Waals surface area contributed by atoms with E-state index in [1.165, 1.54) is 0 Å². The van der Waals surface area contributed by atoms with Crippen LogP contribution in [0.25, 0.3) is 0 Å². The molecule has 2 aliphatic rings. The minimum atomic E-state index is -0.764. The van der Waals surface area contributed by atoms with Crippen molar-refractivity contribution < 1.29 is 14.7 Å². The largest absolute Gasteiger partial charge is 0.481 e. The lowest BCUT2D eigenvalue weighted by molar-refractivity contribution is -0.144. The van der Waals surface area contributed by atoms with Crippen LogP contribution < -0.4 is 10.6 Å². The number of nitrogens with one attached hydrogen (secondary N) is 2. The third-order valence-electron chi connectivity index (χ3n) is 5.91. The summed E-state index contributed by atoms with van der Waals surface area (Å²) in [5, 5.41) is 15.5. The molecule has 0 heterocycles. The maximum absolute atomic E-state index is 12.3. The molecule has 2 rings (SSSR count). The van der Waals surface area contributed by atoms with Crippen molar-refractivity contribution in [3.05, 3.63) is 0 Å². The second-order valence-electron chi connectivity index (χ2n) is 6.66. The van der Waals surface area contributed by atoms with E-state index in [9.17, 15) is 14.7 Å². The Bertz CT molecular complexity index is 398. The maximum atomic E-state index is 12.3. The Morgan fingerprint density at radius 3 is 2.19 bits per heavy atom. The number of aliphatic carboxylic acids is 1. The van der Waals surface area contributed by atoms with Gasteiger partial charge in [-0.3, -0.25) is 4.79 Å². The van der Waals surface area contributed by atoms with Gasteiger partial charge < -0.3 is 15.7 Å². The summed E-state index contributed by atoms with van der Waals surface area (Å²) in [6.07, 6.45) is 5.62. The van der Waals surface area contributed by atoms with Gasteiger partial charge in [-0.1, -0.05) is 20.8 Å². The normalized spacial score (nSPS) is 31.2. The van der Waals surface area contributed by atoms with Gasteiger partial charge in [-0.05, 0) is 50.4 Å². The minimum absolute atomic E-state index is 0.180. The van der Waals surface area contributed by atoms with Crippen LogP contribution in [0.4, 0.5) is 4.79 Å². The molecule has 2 bridgehead atoms. The number of urea groups is 1. The first-order chi connectivity index (χ1) is 9.96. The number of hydrogen-bond acceptors (Lipinski definition) is 2. The Balaban J connectivity index is 2.00. The summed E-state index contributed by atoms with van der Waals surface area (Å²) in [7, 11) is 0. The van der Waals surface area contributed by atoms with Gasteiger partial charge in [-0.15, -0.1) is 0 Å². The van der Waals surface area contributed by atoms with E-state index in [-0.39, 0.29) is 23.5 Å². The molecular formula is C16H28N2O3. The van der Waals surface area contributed by atoms with Gasteiger partial charge in [0.05, 0.1) is 5.92 Å². The molecule has 5 heteroatoms. The molecule has 0 radical (unpaired) electrons. The highest BCUT2D eigenvalue weighted by molar-refractivity contribution is 5.78. The second kappa shape index (κ2) is 6.24. The van der Waals surface area contributed by atoms with Crippen molar-refractivity contribution in [2.45, 2.75) is 70.9 Å². The number of fused-ring (bicyclic) bond motifs is 2. The molecule has 0 aromatic heterocycles. The van der Waals surface area contributed by atoms with Crippen LogP contribution in [-0.4, -0.2) is 28.7 Å². The molecule has 2 amide bonds. The summed E-state index contributed by atoms with van der Waals surface area (Å²) in [5.41, 5.74) is -0.180. The zero-order valence-corrected chi connectivity index (χ0v) is 13.3. The lowest BCUT2D eigenvalue weighted by Crippen LogP contribution is -2.56. The Morgan fingerprint density at radius 2 is 1.67 bits per heavy atom. The number of carbonyl (C=O) groups excluding carboxylic acids is 1. The lowest BCUT2D eigenvalue weighted by Gasteiger charge is -2.34. The predicted octanol–water partition coefficient (Wildman–Crippen LogP) is 2.75. The topological polar surface area (TPSA) is 78.4 Å². The van der Waals surface area contributed by atoms with Gasteiger partial charge in [0, 0.05) is 11.6 Å². The molecular weight excluding hydrogens is 268 g/mol. The van der Waals surface area contributed by atoms with Crippen LogP contribution in [0.5, 0.6) is 0 Å². The van der Waals surface area contributed by atoms with E-state index in [4.69, 9.17) is 0 Å². The van der Waals surface area contributed by atoms with E-state index in [1.54, 1.807) is 0 Å². The smallest absolute Gasteiger partial charge is 0.315 e. The standard InChI is InChI=1S/C16H28N2O3/c1-4-16(5-2,6-3)18-15(21)17-13-11-8-7-10(9-11)12(13)14(19)20/h10-13H,4-9H2,1-3H3,(H,19,20)(H2,17,18,21). The summed E-state index contributed by atoms with van der Waals surface area (Å²) in [5.74, 6) is -0.596. The summed E-state index contributed by atoms with van der Waals surface area (Å²) >= 11 is 0. The SMILES string of the molecule is CCC(CC)(CC)NC(=O)NC1C2CCC(C2)C1C(=O)O. The predicted molar refractivity (Wildman–Crippen MR) is 81.0 cm³/mol. The molecule has 2 saturated carbocycles. The van der Waals surface area contributed by atoms with Crippen LogP contribution >= 0.6 is 0 Å². The summed E-state index contributed by atoms with van der Waals surface area (Å²) in [6.45, 7) is 6.22. The Morgan fingerprint density at radius 1 is 1.10 bits per heavy atom. The molecule has 0 aliphatic heterocycles. The Labute approximate surface area is 126 Å². The van der Waals surface area contributed by atoms with E-state index in [0.717, 1.165) is 38.5 Å². The number of carboxylic acids is 1. The Kier molecular flexibility index (Phi) is 4.79. The number of hydrogen-bond donors (Lipinski definition) is 3. The van der Waals surface area contributed by atoms with Crippen LogP contribution in [0.2, 0.25) is 0 Å². The van der Waals surface area contributed by atoms with E-state index < -0.39 is 11.9 Å². The Hall–Kier alpha value is -1.26. The van der Waals surface area contributed by atoms with E-state index >= 15 is 0 Å². The number of carbonyl (C=O) groups is 2. The molecule has 5 nitrogen and oxygen atoms in total. The second-order valence-corrected chi connectivity index (χ2v) is 6.66. The highest BCUT2D eigenvalue weighted by Gasteiger charge is 2.51. The minimum Gasteiger partial charge on any atom is -0.481 e. The van der Waals surface area contributed by atoms with Gasteiger partial charge in [-0.25, -0.2) is 4.79 Å². The van der Waals surface area contributed by atoms with E-state index in [1.807, 2.05) is 0 Å². The first-order valence-corrected chi connectivity index (χ1v) is 8.27. The molecule has 0 aromatic carbocycles. The van der Waals surface area contributed by atoms with Gasteiger partial charge in [-0.2, -0.15) is 0 Å². The van der Waals surface area contributed by atoms with Crippen molar-refractivity contribution in [2.75, 3.05) is 0 Å². The van der Waals surface area contributed by atoms with Crippen LogP contribution in [0.3, 0.4) is 0 Å². The molecule has 0 saturated heterocycles. The fourth-order valence-corrected chi connectivity index (χ4v) is 4.30. The van der Waals surface area contributed by atoms with Crippen molar-refractivity contribution in [1.82, 2.24) is 10.6 Å². The maximum Gasteiger partial charge on any atom is 0.315 e. The van der Waals surface area contributed by atoms with Gasteiger partial charge in [0.2, 0.25) is 0 Å². The average molecular weight is 296 g/mol. The van der Waals surface area contributed by atoms with Crippen molar-refractivity contribution in [3.63, 3.8) is 0 Å². The summed E-state index contributed by atoms with van der Waals surface area (Å²) in [4.78, 5) is 23.8. The molecule has 21 heavy (non-hydrogen) atoms. The van der Waals surface area contributed by atoms with Gasteiger partial charge in [0.25, 0.3) is 0 Å². The van der Waals surface area contributed by atoms with Crippen LogP contribution in [0, 0.1) is 17.8 Å². The fourth-order valence-electron chi connectivity index (χ4n) is 4.30. The molecule has 4 atom stereocenters. The molecule has 0 spiro atoms. The highest BCUT2D eigenvalue weighted by atomic mass is 16.4. The van der Waals surface area contributed by atoms with Crippen molar-refractivity contribution >= 4 is 12.0 Å². The summed E-state index contributed by atoms with van der Waals surface area (Å²) in [6, 6.07) is -0.408. The third kappa shape index (κ3) is 3.01. The first kappa shape index (κ1) is 16.1. The van der Waals surface area contributed by atoms with E-state index in [0.29, 0.717) is 5.92 Å². The third-order valence-corrected chi connectivity index (χ3v) is 5.91. The molecule has 4 unspecified atom stereocenters.